The minimum Gasteiger partial charge on any atom is -0.495 e. The minimum atomic E-state index is -0.413. The van der Waals surface area contributed by atoms with E-state index in [0.29, 0.717) is 29.2 Å². The highest BCUT2D eigenvalue weighted by Gasteiger charge is 2.28. The maximum atomic E-state index is 14.5. The molecule has 0 aliphatic heterocycles. The molecule has 14 heteroatoms. The van der Waals surface area contributed by atoms with Gasteiger partial charge in [0.25, 0.3) is 5.56 Å². The Morgan fingerprint density at radius 2 is 1.69 bits per heavy atom. The molecule has 0 radical (unpaired) electrons. The average Bonchev–Trinajstić information content (AvgIpc) is 3.11. The first-order chi connectivity index (χ1) is 24.5. The van der Waals surface area contributed by atoms with Gasteiger partial charge in [0.05, 0.1) is 36.4 Å². The van der Waals surface area contributed by atoms with Crippen molar-refractivity contribution in [2.75, 3.05) is 45.5 Å². The Balaban J connectivity index is 1.57. The number of hydrogen-bond acceptors (Lipinski definition) is 9. The Bertz CT molecular complexity index is 1990. The molecule has 2 heterocycles. The van der Waals surface area contributed by atoms with E-state index in [-0.39, 0.29) is 63.1 Å². The molecule has 1 saturated carbocycles. The van der Waals surface area contributed by atoms with Crippen LogP contribution >= 0.6 is 23.2 Å². The Kier molecular flexibility index (Phi) is 12.4. The fourth-order valence-electron chi connectivity index (χ4n) is 5.99. The summed E-state index contributed by atoms with van der Waals surface area (Å²) in [5.74, 6) is 0.395. The third-order valence-electron chi connectivity index (χ3n) is 8.57. The zero-order valence-corrected chi connectivity index (χ0v) is 30.5. The van der Waals surface area contributed by atoms with E-state index in [9.17, 15) is 14.4 Å². The standard InChI is InChI=1S/C37H41Cl2N7O5/c1-6-30(47)42-26-10-7-8-11-27(26)43-37-40-20-23-18-25(32-33(38)28(50-4)19-29(51-5)34(32)39)36(49)46(35(23)44-37)21-22-13-15-24(16-14-22)41-31(48)12-9-17-45(2)3/h6,9,12-16,18-20,26-27H,1,7-8,10-11,17,21H2,2-5H3,(H,41,48)(H,42,47)(H,40,43,44)/b12-9+. The summed E-state index contributed by atoms with van der Waals surface area (Å²) in [5.41, 5.74) is 1.78. The van der Waals surface area contributed by atoms with Crippen LogP contribution in [0.15, 0.2) is 72.2 Å². The molecule has 2 atom stereocenters. The van der Waals surface area contributed by atoms with Crippen LogP contribution in [-0.2, 0) is 16.1 Å². The second-order valence-corrected chi connectivity index (χ2v) is 13.2. The normalized spacial score (nSPS) is 15.9. The maximum Gasteiger partial charge on any atom is 0.260 e. The smallest absolute Gasteiger partial charge is 0.260 e. The molecule has 1 fully saturated rings. The van der Waals surface area contributed by atoms with Crippen LogP contribution in [0.4, 0.5) is 11.6 Å². The zero-order chi connectivity index (χ0) is 36.7. The van der Waals surface area contributed by atoms with E-state index in [1.165, 1.54) is 30.9 Å². The number of likely N-dealkylation sites (N-methyl/N-ethyl adjacent to an activating group) is 1. The summed E-state index contributed by atoms with van der Waals surface area (Å²) in [6.07, 6.45) is 9.72. The molecule has 2 aromatic heterocycles. The van der Waals surface area contributed by atoms with E-state index in [1.807, 2.05) is 31.1 Å². The summed E-state index contributed by atoms with van der Waals surface area (Å²) in [6, 6.07) is 10.1. The van der Waals surface area contributed by atoms with Crippen LogP contribution in [0.25, 0.3) is 22.2 Å². The number of methoxy groups -OCH3 is 2. The van der Waals surface area contributed by atoms with Crippen molar-refractivity contribution in [2.24, 2.45) is 0 Å². The zero-order valence-electron chi connectivity index (χ0n) is 29.0. The quantitative estimate of drug-likeness (QED) is 0.143. The van der Waals surface area contributed by atoms with Crippen molar-refractivity contribution in [3.8, 4) is 22.6 Å². The van der Waals surface area contributed by atoms with Gasteiger partial charge < -0.3 is 30.3 Å². The summed E-state index contributed by atoms with van der Waals surface area (Å²) < 4.78 is 12.5. The van der Waals surface area contributed by atoms with Gasteiger partial charge >= 0.3 is 0 Å². The molecule has 3 N–H and O–H groups in total. The molecule has 1 aliphatic carbocycles. The Hall–Kier alpha value is -4.91. The topological polar surface area (TPSA) is 140 Å². The third-order valence-corrected chi connectivity index (χ3v) is 9.32. The SMILES string of the molecule is C=CC(=O)NC1CCCCC1Nc1ncc2cc(-c3c(Cl)c(OC)cc(OC)c3Cl)c(=O)n(Cc3ccc(NC(=O)/C=C/CN(C)C)cc3)c2n1. The lowest BCUT2D eigenvalue weighted by molar-refractivity contribution is -0.117. The van der Waals surface area contributed by atoms with Gasteiger partial charge in [-0.2, -0.15) is 4.98 Å². The Labute approximate surface area is 306 Å². The van der Waals surface area contributed by atoms with E-state index in [2.05, 4.69) is 27.5 Å². The molecule has 0 spiro atoms. The van der Waals surface area contributed by atoms with Crippen LogP contribution < -0.4 is 31.0 Å². The van der Waals surface area contributed by atoms with Crippen molar-refractivity contribution in [3.63, 3.8) is 0 Å². The second-order valence-electron chi connectivity index (χ2n) is 12.4. The summed E-state index contributed by atoms with van der Waals surface area (Å²) in [6.45, 7) is 4.33. The molecule has 51 heavy (non-hydrogen) atoms. The summed E-state index contributed by atoms with van der Waals surface area (Å²) >= 11 is 13.6. The van der Waals surface area contributed by atoms with Crippen LogP contribution in [0.1, 0.15) is 31.2 Å². The van der Waals surface area contributed by atoms with Gasteiger partial charge in [0.15, 0.2) is 0 Å². The van der Waals surface area contributed by atoms with Crippen LogP contribution in [0.2, 0.25) is 10.0 Å². The fraction of sp³-hybridized carbons (Fsp3) is 0.324. The number of carbonyl (C=O) groups excluding carboxylic acids is 2. The fourth-order valence-corrected chi connectivity index (χ4v) is 6.70. The van der Waals surface area contributed by atoms with Crippen molar-refractivity contribution in [2.45, 2.75) is 44.3 Å². The maximum absolute atomic E-state index is 14.5. The van der Waals surface area contributed by atoms with E-state index in [4.69, 9.17) is 37.7 Å². The largest absolute Gasteiger partial charge is 0.495 e. The third kappa shape index (κ3) is 8.88. The predicted molar refractivity (Wildman–Crippen MR) is 202 cm³/mol. The number of nitrogens with zero attached hydrogens (tertiary/aromatic N) is 4. The van der Waals surface area contributed by atoms with Crippen LogP contribution in [0, 0.1) is 0 Å². The number of rotatable bonds is 13. The molecule has 1 aliphatic rings. The van der Waals surface area contributed by atoms with E-state index in [1.54, 1.807) is 36.5 Å². The van der Waals surface area contributed by atoms with Gasteiger partial charge in [-0.15, -0.1) is 0 Å². The number of amides is 2. The molecule has 268 valence electrons. The molecule has 5 rings (SSSR count). The van der Waals surface area contributed by atoms with E-state index in [0.717, 1.165) is 31.2 Å². The minimum absolute atomic E-state index is 0.119. The molecule has 2 unspecified atom stereocenters. The van der Waals surface area contributed by atoms with Crippen LogP contribution in [0.3, 0.4) is 0 Å². The van der Waals surface area contributed by atoms with Gasteiger partial charge in [0.1, 0.15) is 17.1 Å². The van der Waals surface area contributed by atoms with Crippen molar-refractivity contribution in [3.05, 3.63) is 93.4 Å². The number of carbonyl (C=O) groups is 2. The highest BCUT2D eigenvalue weighted by molar-refractivity contribution is 6.41. The lowest BCUT2D eigenvalue weighted by Gasteiger charge is -2.32. The predicted octanol–water partition coefficient (Wildman–Crippen LogP) is 5.91. The number of ether oxygens (including phenoxy) is 2. The van der Waals surface area contributed by atoms with Crippen LogP contribution in [0.5, 0.6) is 11.5 Å². The van der Waals surface area contributed by atoms with Gasteiger partial charge in [-0.3, -0.25) is 19.0 Å². The Morgan fingerprint density at radius 1 is 1.02 bits per heavy atom. The number of anilines is 2. The van der Waals surface area contributed by atoms with Crippen molar-refractivity contribution in [1.82, 2.24) is 24.8 Å². The summed E-state index contributed by atoms with van der Waals surface area (Å²) in [5, 5.41) is 10.1. The van der Waals surface area contributed by atoms with Crippen molar-refractivity contribution < 1.29 is 19.1 Å². The first-order valence-electron chi connectivity index (χ1n) is 16.4. The number of halogens is 2. The monoisotopic (exact) mass is 733 g/mol. The van der Waals surface area contributed by atoms with Gasteiger partial charge in [-0.1, -0.05) is 60.8 Å². The van der Waals surface area contributed by atoms with Gasteiger partial charge in [0, 0.05) is 53.6 Å². The van der Waals surface area contributed by atoms with Crippen LogP contribution in [-0.4, -0.2) is 78.2 Å². The van der Waals surface area contributed by atoms with Crippen molar-refractivity contribution in [1.29, 1.82) is 0 Å². The van der Waals surface area contributed by atoms with Gasteiger partial charge in [0.2, 0.25) is 17.8 Å². The van der Waals surface area contributed by atoms with Gasteiger partial charge in [-0.05, 0) is 56.8 Å². The first kappa shape index (κ1) is 37.3. The Morgan fingerprint density at radius 3 is 2.31 bits per heavy atom. The molecule has 0 bridgehead atoms. The van der Waals surface area contributed by atoms with Crippen molar-refractivity contribution >= 4 is 57.7 Å². The molecule has 0 saturated heterocycles. The molecular formula is C37H41Cl2N7O5. The summed E-state index contributed by atoms with van der Waals surface area (Å²) in [4.78, 5) is 50.4. The number of aromatic nitrogens is 3. The molecule has 2 amide bonds. The second kappa shape index (κ2) is 16.9. The lowest BCUT2D eigenvalue weighted by Crippen LogP contribution is -2.48. The number of hydrogen-bond donors (Lipinski definition) is 3. The number of nitrogens with one attached hydrogen (secondary N) is 3. The van der Waals surface area contributed by atoms with E-state index >= 15 is 0 Å². The molecular weight excluding hydrogens is 693 g/mol. The average molecular weight is 735 g/mol. The highest BCUT2D eigenvalue weighted by Crippen LogP contribution is 2.45. The lowest BCUT2D eigenvalue weighted by atomic mass is 9.90. The van der Waals surface area contributed by atoms with Gasteiger partial charge in [-0.25, -0.2) is 4.98 Å². The molecule has 2 aromatic carbocycles. The number of fused-ring (bicyclic) bond motifs is 1. The molecule has 4 aromatic rings. The number of pyridine rings is 1. The van der Waals surface area contributed by atoms with E-state index < -0.39 is 5.56 Å². The summed E-state index contributed by atoms with van der Waals surface area (Å²) in [7, 11) is 6.77. The highest BCUT2D eigenvalue weighted by atomic mass is 35.5. The molecule has 12 nitrogen and oxygen atoms in total. The number of benzene rings is 2. The first-order valence-corrected chi connectivity index (χ1v) is 17.2.